The predicted octanol–water partition coefficient (Wildman–Crippen LogP) is 5.67. The number of rotatable bonds is 9. The highest BCUT2D eigenvalue weighted by atomic mass is 35.5. The van der Waals surface area contributed by atoms with Gasteiger partial charge in [0.15, 0.2) is 0 Å². The lowest BCUT2D eigenvalue weighted by Crippen LogP contribution is -2.62. The molecule has 4 amide bonds. The van der Waals surface area contributed by atoms with Gasteiger partial charge in [-0.1, -0.05) is 50.6 Å². The van der Waals surface area contributed by atoms with E-state index in [4.69, 9.17) is 21.1 Å². The van der Waals surface area contributed by atoms with Crippen LogP contribution in [-0.2, 0) is 24.4 Å². The second-order valence-corrected chi connectivity index (χ2v) is 19.3. The molecule has 0 unspecified atom stereocenters. The van der Waals surface area contributed by atoms with Gasteiger partial charge in [-0.2, -0.15) is 4.98 Å². The van der Waals surface area contributed by atoms with Crippen LogP contribution in [0.4, 0.5) is 4.79 Å². The summed E-state index contributed by atoms with van der Waals surface area (Å²) in [6, 6.07) is 4.65. The summed E-state index contributed by atoms with van der Waals surface area (Å²) < 4.78 is 40.5. The van der Waals surface area contributed by atoms with Crippen LogP contribution in [-0.4, -0.2) is 99.8 Å². The Balaban J connectivity index is 1.41. The molecule has 1 saturated heterocycles. The Morgan fingerprint density at radius 3 is 2.54 bits per heavy atom. The molecular weight excluding hydrogens is 762 g/mol. The number of hydrogen-bond donors (Lipinski definition) is 3. The number of carbonyl (C=O) groups is 4. The average Bonchev–Trinajstić information content (AvgIpc) is 4.04. The fourth-order valence-corrected chi connectivity index (χ4v) is 9.77. The van der Waals surface area contributed by atoms with Crippen LogP contribution in [0.1, 0.15) is 92.9 Å². The number of sulfonamides is 1. The van der Waals surface area contributed by atoms with Crippen LogP contribution in [0.25, 0.3) is 10.8 Å². The number of allylic oxidation sites excluding steroid dienone is 1. The smallest absolute Gasteiger partial charge is 0.408 e. The van der Waals surface area contributed by atoms with Gasteiger partial charge in [-0.15, -0.1) is 0 Å². The second-order valence-electron chi connectivity index (χ2n) is 17.0. The van der Waals surface area contributed by atoms with Crippen LogP contribution < -0.4 is 19.5 Å². The van der Waals surface area contributed by atoms with Gasteiger partial charge in [0.2, 0.25) is 33.6 Å². The van der Waals surface area contributed by atoms with Gasteiger partial charge in [0.1, 0.15) is 23.7 Å². The zero-order valence-electron chi connectivity index (χ0n) is 32.9. The van der Waals surface area contributed by atoms with E-state index < -0.39 is 80.2 Å². The summed E-state index contributed by atoms with van der Waals surface area (Å²) in [5.41, 5.74) is -2.54. The predicted molar refractivity (Wildman–Crippen MR) is 211 cm³/mol. The number of nitrogens with zero attached hydrogens (tertiary/aromatic N) is 3. The molecule has 3 fully saturated rings. The third-order valence-electron chi connectivity index (χ3n) is 11.3. The molecule has 4 aliphatic rings. The molecule has 306 valence electrons. The first kappa shape index (κ1) is 41.5. The molecule has 0 bridgehead atoms. The molecule has 16 heteroatoms. The monoisotopic (exact) mass is 815 g/mol. The maximum Gasteiger partial charge on any atom is 0.408 e. The first-order valence-corrected chi connectivity index (χ1v) is 21.5. The molecule has 6 rings (SSSR count). The molecule has 2 aliphatic carbocycles. The van der Waals surface area contributed by atoms with Gasteiger partial charge in [0.05, 0.1) is 18.4 Å². The highest BCUT2D eigenvalue weighted by molar-refractivity contribution is 7.91. The van der Waals surface area contributed by atoms with Crippen molar-refractivity contribution in [2.24, 2.45) is 17.8 Å². The molecule has 2 aromatic rings. The van der Waals surface area contributed by atoms with Gasteiger partial charge in [-0.05, 0) is 89.7 Å². The average molecular weight is 816 g/mol. The topological polar surface area (TPSA) is 185 Å². The lowest BCUT2D eigenvalue weighted by Gasteiger charge is -2.43. The first-order valence-electron chi connectivity index (χ1n) is 19.6. The van der Waals surface area contributed by atoms with Crippen LogP contribution in [0, 0.1) is 17.8 Å². The molecule has 2 saturated carbocycles. The molecule has 2 aliphatic heterocycles. The van der Waals surface area contributed by atoms with E-state index >= 15 is 4.79 Å². The van der Waals surface area contributed by atoms with E-state index in [1.807, 2.05) is 26.0 Å². The molecule has 7 atom stereocenters. The molecule has 3 N–H and O–H groups in total. The fraction of sp³-hybridized carbons (Fsp3) is 0.625. The molecular formula is C40H54ClN5O9S. The number of carbonyl (C=O) groups excluding carboxylic acids is 3. The number of halogens is 1. The summed E-state index contributed by atoms with van der Waals surface area (Å²) in [5, 5.41) is 14.5. The number of hydrogen-bond acceptors (Lipinski definition) is 9. The maximum absolute atomic E-state index is 15.1. The van der Waals surface area contributed by atoms with E-state index in [1.165, 1.54) is 9.80 Å². The van der Waals surface area contributed by atoms with Gasteiger partial charge in [0, 0.05) is 39.7 Å². The van der Waals surface area contributed by atoms with Crippen molar-refractivity contribution in [3.8, 4) is 11.8 Å². The Hall–Kier alpha value is -4.11. The molecule has 3 heterocycles. The summed E-state index contributed by atoms with van der Waals surface area (Å²) in [7, 11) is -3.93. The van der Waals surface area contributed by atoms with Gasteiger partial charge in [-0.3, -0.25) is 24.0 Å². The number of benzene rings is 1. The van der Waals surface area contributed by atoms with Crippen molar-refractivity contribution in [2.45, 2.75) is 127 Å². The van der Waals surface area contributed by atoms with E-state index in [1.54, 1.807) is 45.0 Å². The molecule has 0 radical (unpaired) electrons. The zero-order chi connectivity index (χ0) is 40.7. The largest absolute Gasteiger partial charge is 0.478 e. The van der Waals surface area contributed by atoms with Gasteiger partial charge < -0.3 is 24.8 Å². The van der Waals surface area contributed by atoms with Crippen LogP contribution in [0.15, 0.2) is 36.4 Å². The fourth-order valence-electron chi connectivity index (χ4n) is 8.18. The normalized spacial score (nSPS) is 29.2. The van der Waals surface area contributed by atoms with Gasteiger partial charge in [0.25, 0.3) is 5.91 Å². The van der Waals surface area contributed by atoms with Crippen molar-refractivity contribution in [1.82, 2.24) is 24.8 Å². The summed E-state index contributed by atoms with van der Waals surface area (Å²) >= 11 is 6.59. The summed E-state index contributed by atoms with van der Waals surface area (Å²) in [4.78, 5) is 63.7. The zero-order valence-corrected chi connectivity index (χ0v) is 34.5. The minimum Gasteiger partial charge on any atom is -0.478 e. The molecule has 14 nitrogen and oxygen atoms in total. The number of aromatic nitrogens is 1. The number of nitrogens with one attached hydrogen (secondary N) is 2. The van der Waals surface area contributed by atoms with Crippen LogP contribution in [0.2, 0.25) is 5.02 Å². The quantitative estimate of drug-likeness (QED) is 0.267. The molecule has 1 aromatic carbocycles. The summed E-state index contributed by atoms with van der Waals surface area (Å²) in [6.07, 6.45) is 5.42. The standard InChI is InChI=1S/C40H54ClN5O9S/c1-7-17-54-32-20-29-28(13-10-14-30(29)41)35(42-32)55-26-19-31-34(47)43-40(37(49)44-56(52,53)27-15-16-27)21-25(40)12-9-8-11-23(2)18-24(3)33(36(48)45(31)22-26)46(38(50)51)39(4,5)6/h9-10,12-14,20,23-27,31,33H,7-8,11,15-19,21-22H2,1-6H3,(H,43,47)(H,44,49)(H,50,51)/b12-9-/t23-,24-,25-,26-,31+,33+,40-/m1/s1. The van der Waals surface area contributed by atoms with Crippen molar-refractivity contribution >= 4 is 56.2 Å². The number of fused-ring (bicyclic) bond motifs is 3. The summed E-state index contributed by atoms with van der Waals surface area (Å²) in [5.74, 6) is -2.40. The highest BCUT2D eigenvalue weighted by Crippen LogP contribution is 2.46. The van der Waals surface area contributed by atoms with Crippen molar-refractivity contribution in [2.75, 3.05) is 13.2 Å². The molecule has 0 spiro atoms. The highest BCUT2D eigenvalue weighted by Gasteiger charge is 2.62. The van der Waals surface area contributed by atoms with E-state index in [2.05, 4.69) is 21.9 Å². The first-order chi connectivity index (χ1) is 26.4. The van der Waals surface area contributed by atoms with E-state index in [0.29, 0.717) is 48.1 Å². The Morgan fingerprint density at radius 2 is 1.88 bits per heavy atom. The minimum atomic E-state index is -3.93. The minimum absolute atomic E-state index is 0.0278. The van der Waals surface area contributed by atoms with Crippen molar-refractivity contribution in [1.29, 1.82) is 0 Å². The van der Waals surface area contributed by atoms with Crippen molar-refractivity contribution < 1.29 is 42.2 Å². The molecule has 56 heavy (non-hydrogen) atoms. The van der Waals surface area contributed by atoms with E-state index in [9.17, 15) is 27.9 Å². The maximum atomic E-state index is 15.1. The Labute approximate surface area is 333 Å². The number of pyridine rings is 1. The summed E-state index contributed by atoms with van der Waals surface area (Å²) in [6.45, 7) is 11.4. The number of carboxylic acid groups (broad SMARTS) is 1. The number of amides is 4. The van der Waals surface area contributed by atoms with Gasteiger partial charge >= 0.3 is 6.09 Å². The third-order valence-corrected chi connectivity index (χ3v) is 13.4. The SMILES string of the molecule is CCCOc1cc2c(Cl)cccc2c(O[C@@H]2C[C@H]3C(=O)N[C@]4(C(=O)NS(=O)(=O)C5CC5)C[C@H]4/C=C\CC[C@@H](C)C[C@@H](C)[C@H](N(C(=O)O)C(C)(C)C)C(=O)N3C2)n1. The Bertz CT molecular complexity index is 2000. The second kappa shape index (κ2) is 16.0. The van der Waals surface area contributed by atoms with Crippen molar-refractivity contribution in [3.63, 3.8) is 0 Å². The lowest BCUT2D eigenvalue weighted by molar-refractivity contribution is -0.146. The van der Waals surface area contributed by atoms with Crippen LogP contribution >= 0.6 is 11.6 Å². The molecule has 1 aromatic heterocycles. The van der Waals surface area contributed by atoms with E-state index in [-0.39, 0.29) is 37.1 Å². The van der Waals surface area contributed by atoms with Crippen LogP contribution in [0.5, 0.6) is 11.8 Å². The van der Waals surface area contributed by atoms with Crippen molar-refractivity contribution in [3.05, 3.63) is 41.4 Å². The number of ether oxygens (including phenoxy) is 2. The van der Waals surface area contributed by atoms with E-state index in [0.717, 1.165) is 12.8 Å². The Kier molecular flexibility index (Phi) is 11.9. The van der Waals surface area contributed by atoms with Gasteiger partial charge in [-0.25, -0.2) is 13.2 Å². The Morgan fingerprint density at radius 1 is 1.14 bits per heavy atom. The lowest BCUT2D eigenvalue weighted by atomic mass is 9.85. The van der Waals surface area contributed by atoms with Crippen LogP contribution in [0.3, 0.4) is 0 Å². The third kappa shape index (κ3) is 8.73.